The van der Waals surface area contributed by atoms with Gasteiger partial charge in [-0.15, -0.1) is 5.10 Å². The van der Waals surface area contributed by atoms with E-state index >= 15 is 0 Å². The van der Waals surface area contributed by atoms with E-state index in [1.54, 1.807) is 4.68 Å². The summed E-state index contributed by atoms with van der Waals surface area (Å²) in [5.74, 6) is 0.538. The number of nitrogens with one attached hydrogen (secondary N) is 1. The quantitative estimate of drug-likeness (QED) is 0.840. The van der Waals surface area contributed by atoms with Gasteiger partial charge in [0.1, 0.15) is 0 Å². The maximum Gasteiger partial charge on any atom is 0.0830 e. The second-order valence-corrected chi connectivity index (χ2v) is 5.71. The van der Waals surface area contributed by atoms with Gasteiger partial charge in [-0.1, -0.05) is 49.4 Å². The van der Waals surface area contributed by atoms with E-state index in [4.69, 9.17) is 0 Å². The van der Waals surface area contributed by atoms with Crippen molar-refractivity contribution in [2.45, 2.75) is 32.7 Å². The molecule has 0 bridgehead atoms. The Labute approximate surface area is 121 Å². The molecule has 0 saturated heterocycles. The molecule has 0 saturated carbocycles. The summed E-state index contributed by atoms with van der Waals surface area (Å²) in [6.45, 7) is 5.37. The van der Waals surface area contributed by atoms with Gasteiger partial charge in [-0.3, -0.25) is 4.68 Å². The Morgan fingerprint density at radius 3 is 2.50 bits per heavy atom. The van der Waals surface area contributed by atoms with Crippen LogP contribution in [0.3, 0.4) is 0 Å². The molecular formula is C16H24N4. The zero-order valence-corrected chi connectivity index (χ0v) is 12.6. The van der Waals surface area contributed by atoms with Crippen LogP contribution in [0.2, 0.25) is 0 Å². The van der Waals surface area contributed by atoms with E-state index in [1.165, 1.54) is 5.56 Å². The van der Waals surface area contributed by atoms with E-state index < -0.39 is 0 Å². The van der Waals surface area contributed by atoms with Crippen LogP contribution in [0, 0.1) is 5.92 Å². The van der Waals surface area contributed by atoms with Gasteiger partial charge in [0, 0.05) is 19.3 Å². The molecule has 2 rings (SSSR count). The predicted molar refractivity (Wildman–Crippen MR) is 81.5 cm³/mol. The molecule has 0 fully saturated rings. The number of rotatable bonds is 7. The zero-order valence-electron chi connectivity index (χ0n) is 12.6. The summed E-state index contributed by atoms with van der Waals surface area (Å²) < 4.78 is 1.77. The highest BCUT2D eigenvalue weighted by Crippen LogP contribution is 2.13. The maximum atomic E-state index is 4.21. The number of hydrogen-bond donors (Lipinski definition) is 1. The van der Waals surface area contributed by atoms with Gasteiger partial charge in [-0.25, -0.2) is 0 Å². The fourth-order valence-electron chi connectivity index (χ4n) is 2.35. The minimum Gasteiger partial charge on any atom is -0.314 e. The minimum absolute atomic E-state index is 0.509. The molecule has 1 heterocycles. The number of aromatic nitrogens is 3. The smallest absolute Gasteiger partial charge is 0.0830 e. The molecule has 4 heteroatoms. The molecule has 0 aliphatic rings. The summed E-state index contributed by atoms with van der Waals surface area (Å²) in [4.78, 5) is 0. The molecule has 2 aromatic rings. The van der Waals surface area contributed by atoms with E-state index in [-0.39, 0.29) is 0 Å². The Morgan fingerprint density at radius 1 is 1.15 bits per heavy atom. The van der Waals surface area contributed by atoms with Crippen LogP contribution in [0.5, 0.6) is 0 Å². The van der Waals surface area contributed by atoms with Gasteiger partial charge >= 0.3 is 0 Å². The molecule has 108 valence electrons. The average Bonchev–Trinajstić information content (AvgIpc) is 2.82. The van der Waals surface area contributed by atoms with Crippen molar-refractivity contribution in [3.63, 3.8) is 0 Å². The van der Waals surface area contributed by atoms with Crippen LogP contribution in [0.15, 0.2) is 36.5 Å². The van der Waals surface area contributed by atoms with Crippen molar-refractivity contribution >= 4 is 0 Å². The van der Waals surface area contributed by atoms with Crippen LogP contribution < -0.4 is 5.32 Å². The van der Waals surface area contributed by atoms with Crippen LogP contribution in [-0.2, 0) is 19.9 Å². The minimum atomic E-state index is 0.509. The SMILES string of the molecule is CC(C)NCC(Cc1ccccc1)Cc1cn(C)nn1. The van der Waals surface area contributed by atoms with Crippen LogP contribution in [0.25, 0.3) is 0 Å². The first kappa shape index (κ1) is 14.7. The number of benzene rings is 1. The van der Waals surface area contributed by atoms with Gasteiger partial charge in [0.25, 0.3) is 0 Å². The highest BCUT2D eigenvalue weighted by molar-refractivity contribution is 5.15. The third-order valence-electron chi connectivity index (χ3n) is 3.33. The Hall–Kier alpha value is -1.68. The first-order chi connectivity index (χ1) is 9.63. The third kappa shape index (κ3) is 4.78. The van der Waals surface area contributed by atoms with Gasteiger partial charge in [0.2, 0.25) is 0 Å². The van der Waals surface area contributed by atoms with E-state index in [2.05, 4.69) is 59.8 Å². The molecule has 0 aliphatic heterocycles. The normalized spacial score (nSPS) is 12.8. The molecule has 1 aromatic heterocycles. The van der Waals surface area contributed by atoms with E-state index in [9.17, 15) is 0 Å². The van der Waals surface area contributed by atoms with Crippen molar-refractivity contribution in [3.8, 4) is 0 Å². The largest absolute Gasteiger partial charge is 0.314 e. The summed E-state index contributed by atoms with van der Waals surface area (Å²) >= 11 is 0. The molecule has 1 aromatic carbocycles. The van der Waals surface area contributed by atoms with Gasteiger partial charge in [0.05, 0.1) is 5.69 Å². The van der Waals surface area contributed by atoms with Gasteiger partial charge in [-0.2, -0.15) is 0 Å². The standard InChI is InChI=1S/C16H24N4/c1-13(2)17-11-15(9-14-7-5-4-6-8-14)10-16-12-20(3)19-18-16/h4-8,12-13,15,17H,9-11H2,1-3H3. The Balaban J connectivity index is 2.00. The maximum absolute atomic E-state index is 4.21. The fraction of sp³-hybridized carbons (Fsp3) is 0.500. The molecular weight excluding hydrogens is 248 g/mol. The highest BCUT2D eigenvalue weighted by atomic mass is 15.4. The lowest BCUT2D eigenvalue weighted by atomic mass is 9.94. The molecule has 0 radical (unpaired) electrons. The molecule has 0 spiro atoms. The second kappa shape index (κ2) is 7.20. The zero-order chi connectivity index (χ0) is 14.4. The first-order valence-electron chi connectivity index (χ1n) is 7.26. The van der Waals surface area contributed by atoms with E-state index in [0.29, 0.717) is 12.0 Å². The summed E-state index contributed by atoms with van der Waals surface area (Å²) in [5, 5.41) is 11.8. The molecule has 0 amide bonds. The summed E-state index contributed by atoms with van der Waals surface area (Å²) in [5.41, 5.74) is 2.45. The Bertz CT molecular complexity index is 504. The van der Waals surface area contributed by atoms with Crippen molar-refractivity contribution in [2.24, 2.45) is 13.0 Å². The first-order valence-corrected chi connectivity index (χ1v) is 7.26. The van der Waals surface area contributed by atoms with Gasteiger partial charge in [-0.05, 0) is 30.9 Å². The number of nitrogens with zero attached hydrogens (tertiary/aromatic N) is 3. The molecule has 1 N–H and O–H groups in total. The van der Waals surface area contributed by atoms with Crippen molar-refractivity contribution in [1.82, 2.24) is 20.3 Å². The van der Waals surface area contributed by atoms with Crippen molar-refractivity contribution < 1.29 is 0 Å². The van der Waals surface area contributed by atoms with Crippen LogP contribution in [-0.4, -0.2) is 27.6 Å². The van der Waals surface area contributed by atoms with Crippen LogP contribution in [0.1, 0.15) is 25.1 Å². The molecule has 20 heavy (non-hydrogen) atoms. The fourth-order valence-corrected chi connectivity index (χ4v) is 2.35. The van der Waals surface area contributed by atoms with Crippen molar-refractivity contribution in [2.75, 3.05) is 6.54 Å². The van der Waals surface area contributed by atoms with Crippen molar-refractivity contribution in [3.05, 3.63) is 47.8 Å². The van der Waals surface area contributed by atoms with E-state index in [1.807, 2.05) is 13.2 Å². The lowest BCUT2D eigenvalue weighted by molar-refractivity contribution is 0.441. The lowest BCUT2D eigenvalue weighted by Gasteiger charge is -2.18. The lowest BCUT2D eigenvalue weighted by Crippen LogP contribution is -2.31. The summed E-state index contributed by atoms with van der Waals surface area (Å²) in [6.07, 6.45) is 4.03. The van der Waals surface area contributed by atoms with Crippen molar-refractivity contribution in [1.29, 1.82) is 0 Å². The summed E-state index contributed by atoms with van der Waals surface area (Å²) in [6, 6.07) is 11.2. The van der Waals surface area contributed by atoms with Crippen LogP contribution in [0.4, 0.5) is 0 Å². The second-order valence-electron chi connectivity index (χ2n) is 5.71. The molecule has 0 aliphatic carbocycles. The third-order valence-corrected chi connectivity index (χ3v) is 3.33. The van der Waals surface area contributed by atoms with Gasteiger partial charge < -0.3 is 5.32 Å². The predicted octanol–water partition coefficient (Wildman–Crippen LogP) is 2.21. The molecule has 1 atom stereocenters. The van der Waals surface area contributed by atoms with E-state index in [0.717, 1.165) is 25.1 Å². The summed E-state index contributed by atoms with van der Waals surface area (Å²) in [7, 11) is 1.91. The number of aryl methyl sites for hydroxylation is 1. The molecule has 1 unspecified atom stereocenters. The van der Waals surface area contributed by atoms with Crippen LogP contribution >= 0.6 is 0 Å². The highest BCUT2D eigenvalue weighted by Gasteiger charge is 2.13. The topological polar surface area (TPSA) is 42.7 Å². The molecule has 4 nitrogen and oxygen atoms in total. The monoisotopic (exact) mass is 272 g/mol. The Morgan fingerprint density at radius 2 is 1.90 bits per heavy atom. The average molecular weight is 272 g/mol. The Kier molecular flexibility index (Phi) is 5.30. The number of hydrogen-bond acceptors (Lipinski definition) is 3. The van der Waals surface area contributed by atoms with Gasteiger partial charge in [0.15, 0.2) is 0 Å².